The molecule has 1 heterocycles. The van der Waals surface area contributed by atoms with Crippen LogP contribution >= 0.6 is 27.5 Å². The van der Waals surface area contributed by atoms with Gasteiger partial charge in [0, 0.05) is 10.4 Å². The molecule has 1 aromatic carbocycles. The highest BCUT2D eigenvalue weighted by Crippen LogP contribution is 2.26. The van der Waals surface area contributed by atoms with E-state index in [1.54, 1.807) is 6.07 Å². The maximum Gasteiger partial charge on any atom is 0.152 e. The summed E-state index contributed by atoms with van der Waals surface area (Å²) >= 11 is 8.84. The maximum absolute atomic E-state index is 13.1. The summed E-state index contributed by atoms with van der Waals surface area (Å²) in [5.74, 6) is -0.417. The topological polar surface area (TPSA) is 28.7 Å². The standard InChI is InChI=1S/C7H3BrClFN2/c8-7-4-1-3(9)2-5(10)6(4)11-12-7/h1-2H,(H,11,12). The van der Waals surface area contributed by atoms with E-state index in [2.05, 4.69) is 26.1 Å². The molecule has 0 saturated carbocycles. The zero-order valence-electron chi connectivity index (χ0n) is 5.74. The zero-order chi connectivity index (χ0) is 8.72. The summed E-state index contributed by atoms with van der Waals surface area (Å²) in [7, 11) is 0. The van der Waals surface area contributed by atoms with E-state index in [-0.39, 0.29) is 0 Å². The van der Waals surface area contributed by atoms with Gasteiger partial charge in [-0.3, -0.25) is 5.10 Å². The highest BCUT2D eigenvalue weighted by Gasteiger charge is 2.08. The van der Waals surface area contributed by atoms with Crippen LogP contribution in [0, 0.1) is 5.82 Å². The molecule has 1 N–H and O–H groups in total. The summed E-state index contributed by atoms with van der Waals surface area (Å²) in [6.45, 7) is 0. The van der Waals surface area contributed by atoms with Crippen LogP contribution in [0.25, 0.3) is 10.9 Å². The van der Waals surface area contributed by atoms with Gasteiger partial charge in [0.2, 0.25) is 0 Å². The van der Waals surface area contributed by atoms with Crippen molar-refractivity contribution in [3.05, 3.63) is 27.6 Å². The fraction of sp³-hybridized carbons (Fsp3) is 0. The van der Waals surface area contributed by atoms with Crippen molar-refractivity contribution in [2.24, 2.45) is 0 Å². The average Bonchev–Trinajstić information content (AvgIpc) is 2.33. The smallest absolute Gasteiger partial charge is 0.152 e. The molecule has 2 aromatic rings. The number of nitrogens with zero attached hydrogens (tertiary/aromatic N) is 1. The molecule has 0 radical (unpaired) electrons. The molecular formula is C7H3BrClFN2. The van der Waals surface area contributed by atoms with Gasteiger partial charge < -0.3 is 0 Å². The lowest BCUT2D eigenvalue weighted by Gasteiger charge is -1.92. The summed E-state index contributed by atoms with van der Waals surface area (Å²) in [5.41, 5.74) is 0.297. The van der Waals surface area contributed by atoms with Crippen LogP contribution in [0.2, 0.25) is 5.02 Å². The molecule has 0 amide bonds. The van der Waals surface area contributed by atoms with Crippen LogP contribution in [-0.2, 0) is 0 Å². The Morgan fingerprint density at radius 1 is 1.50 bits per heavy atom. The van der Waals surface area contributed by atoms with E-state index >= 15 is 0 Å². The van der Waals surface area contributed by atoms with Crippen LogP contribution < -0.4 is 0 Å². The van der Waals surface area contributed by atoms with Gasteiger partial charge in [-0.05, 0) is 28.1 Å². The number of rotatable bonds is 0. The van der Waals surface area contributed by atoms with Gasteiger partial charge >= 0.3 is 0 Å². The minimum atomic E-state index is -0.417. The number of fused-ring (bicyclic) bond motifs is 1. The van der Waals surface area contributed by atoms with Crippen molar-refractivity contribution in [3.63, 3.8) is 0 Å². The number of aromatic amines is 1. The second kappa shape index (κ2) is 2.71. The summed E-state index contributed by atoms with van der Waals surface area (Å²) < 4.78 is 13.7. The molecule has 0 bridgehead atoms. The first-order valence-corrected chi connectivity index (χ1v) is 4.34. The molecule has 0 atom stereocenters. The lowest BCUT2D eigenvalue weighted by atomic mass is 10.2. The molecule has 0 saturated heterocycles. The fourth-order valence-electron chi connectivity index (χ4n) is 1.01. The molecule has 0 aliphatic rings. The van der Waals surface area contributed by atoms with Crippen LogP contribution in [0.5, 0.6) is 0 Å². The van der Waals surface area contributed by atoms with E-state index in [1.165, 1.54) is 6.07 Å². The molecule has 0 unspecified atom stereocenters. The molecule has 62 valence electrons. The molecular weight excluding hydrogens is 246 g/mol. The third-order valence-electron chi connectivity index (χ3n) is 1.53. The second-order valence-corrected chi connectivity index (χ2v) is 3.55. The summed E-state index contributed by atoms with van der Waals surface area (Å²) in [5, 5.41) is 7.38. The molecule has 0 aliphatic heterocycles. The third-order valence-corrected chi connectivity index (χ3v) is 2.35. The molecule has 12 heavy (non-hydrogen) atoms. The van der Waals surface area contributed by atoms with E-state index in [4.69, 9.17) is 11.6 Å². The minimum Gasteiger partial charge on any atom is -0.270 e. The lowest BCUT2D eigenvalue weighted by Crippen LogP contribution is -1.77. The number of hydrogen-bond acceptors (Lipinski definition) is 1. The molecule has 5 heteroatoms. The zero-order valence-corrected chi connectivity index (χ0v) is 8.08. The van der Waals surface area contributed by atoms with Crippen LogP contribution in [0.3, 0.4) is 0 Å². The SMILES string of the molecule is Fc1cc(Cl)cc2c(Br)[nH]nc12. The van der Waals surface area contributed by atoms with Gasteiger partial charge in [0.05, 0.1) is 0 Å². The van der Waals surface area contributed by atoms with Gasteiger partial charge in [-0.15, -0.1) is 0 Å². The van der Waals surface area contributed by atoms with Crippen molar-refractivity contribution in [1.82, 2.24) is 10.2 Å². The first kappa shape index (κ1) is 8.01. The molecule has 2 rings (SSSR count). The third kappa shape index (κ3) is 1.11. The Morgan fingerprint density at radius 3 is 3.00 bits per heavy atom. The number of halogens is 3. The molecule has 1 aromatic heterocycles. The lowest BCUT2D eigenvalue weighted by molar-refractivity contribution is 0.636. The van der Waals surface area contributed by atoms with Gasteiger partial charge in [-0.2, -0.15) is 5.10 Å². The Balaban J connectivity index is 2.92. The molecule has 2 nitrogen and oxygen atoms in total. The Bertz CT molecular complexity index is 440. The van der Waals surface area contributed by atoms with Gasteiger partial charge in [0.25, 0.3) is 0 Å². The predicted octanol–water partition coefficient (Wildman–Crippen LogP) is 3.12. The monoisotopic (exact) mass is 248 g/mol. The summed E-state index contributed by atoms with van der Waals surface area (Å²) in [4.78, 5) is 0. The van der Waals surface area contributed by atoms with Crippen molar-refractivity contribution in [2.45, 2.75) is 0 Å². The van der Waals surface area contributed by atoms with Gasteiger partial charge in [0.15, 0.2) is 5.82 Å². The number of aromatic nitrogens is 2. The molecule has 0 aliphatic carbocycles. The van der Waals surface area contributed by atoms with Gasteiger partial charge in [-0.25, -0.2) is 4.39 Å². The Labute approximate surface area is 80.8 Å². The Kier molecular flexibility index (Phi) is 1.81. The summed E-state index contributed by atoms with van der Waals surface area (Å²) in [6.07, 6.45) is 0. The second-order valence-electron chi connectivity index (χ2n) is 2.32. The van der Waals surface area contributed by atoms with Crippen molar-refractivity contribution < 1.29 is 4.39 Å². The van der Waals surface area contributed by atoms with E-state index in [0.717, 1.165) is 0 Å². The maximum atomic E-state index is 13.1. The van der Waals surface area contributed by atoms with Gasteiger partial charge in [0.1, 0.15) is 10.1 Å². The van der Waals surface area contributed by atoms with E-state index in [1.807, 2.05) is 0 Å². The van der Waals surface area contributed by atoms with Crippen molar-refractivity contribution in [1.29, 1.82) is 0 Å². The Morgan fingerprint density at radius 2 is 2.25 bits per heavy atom. The van der Waals surface area contributed by atoms with E-state index in [0.29, 0.717) is 20.5 Å². The average molecular weight is 249 g/mol. The van der Waals surface area contributed by atoms with Crippen molar-refractivity contribution in [3.8, 4) is 0 Å². The van der Waals surface area contributed by atoms with Crippen molar-refractivity contribution in [2.75, 3.05) is 0 Å². The molecule has 0 fully saturated rings. The first-order valence-electron chi connectivity index (χ1n) is 3.17. The highest BCUT2D eigenvalue weighted by atomic mass is 79.9. The van der Waals surface area contributed by atoms with Crippen LogP contribution in [0.4, 0.5) is 4.39 Å². The normalized spacial score (nSPS) is 10.9. The van der Waals surface area contributed by atoms with Gasteiger partial charge in [-0.1, -0.05) is 11.6 Å². The number of benzene rings is 1. The number of H-pyrrole nitrogens is 1. The fourth-order valence-corrected chi connectivity index (χ4v) is 1.61. The Hall–Kier alpha value is -0.610. The first-order chi connectivity index (χ1) is 5.68. The summed E-state index contributed by atoms with van der Waals surface area (Å²) in [6, 6.07) is 2.88. The van der Waals surface area contributed by atoms with Crippen LogP contribution in [0.1, 0.15) is 0 Å². The van der Waals surface area contributed by atoms with Crippen molar-refractivity contribution >= 4 is 38.4 Å². The molecule has 0 spiro atoms. The predicted molar refractivity (Wildman–Crippen MR) is 48.8 cm³/mol. The highest BCUT2D eigenvalue weighted by molar-refractivity contribution is 9.10. The van der Waals surface area contributed by atoms with E-state index < -0.39 is 5.82 Å². The minimum absolute atomic E-state index is 0.297. The van der Waals surface area contributed by atoms with E-state index in [9.17, 15) is 4.39 Å². The number of nitrogens with one attached hydrogen (secondary N) is 1. The quantitative estimate of drug-likeness (QED) is 0.763. The van der Waals surface area contributed by atoms with Crippen LogP contribution in [-0.4, -0.2) is 10.2 Å². The largest absolute Gasteiger partial charge is 0.270 e. The van der Waals surface area contributed by atoms with Crippen LogP contribution in [0.15, 0.2) is 16.7 Å². The number of hydrogen-bond donors (Lipinski definition) is 1.